The van der Waals surface area contributed by atoms with Gasteiger partial charge in [0.1, 0.15) is 5.75 Å². The van der Waals surface area contributed by atoms with Crippen molar-refractivity contribution in [1.29, 1.82) is 0 Å². The molecule has 1 amide bonds. The van der Waals surface area contributed by atoms with Gasteiger partial charge < -0.3 is 14.6 Å². The molecule has 2 N–H and O–H groups in total. The smallest absolute Gasteiger partial charge is 0.255 e. The summed E-state index contributed by atoms with van der Waals surface area (Å²) >= 11 is 0. The van der Waals surface area contributed by atoms with Crippen LogP contribution in [0.3, 0.4) is 0 Å². The zero-order chi connectivity index (χ0) is 27.1. The van der Waals surface area contributed by atoms with Crippen LogP contribution < -0.4 is 14.9 Å². The van der Waals surface area contributed by atoms with Crippen molar-refractivity contribution in [3.8, 4) is 17.2 Å². The Hall–Kier alpha value is -4.41. The average Bonchev–Trinajstić information content (AvgIpc) is 2.94. The number of carbonyl (C=O) groups is 1. The first-order valence-corrected chi connectivity index (χ1v) is 13.1. The Labute approximate surface area is 221 Å². The molecule has 0 aliphatic rings. The first-order chi connectivity index (χ1) is 18.3. The third-order valence-corrected chi connectivity index (χ3v) is 7.63. The molecule has 9 nitrogen and oxygen atoms in total. The number of methoxy groups -OCH3 is 2. The van der Waals surface area contributed by atoms with E-state index in [0.29, 0.717) is 16.9 Å². The average molecular weight is 534 g/mol. The number of rotatable bonds is 10. The minimum atomic E-state index is -4.12. The zero-order valence-electron chi connectivity index (χ0n) is 20.9. The van der Waals surface area contributed by atoms with Crippen molar-refractivity contribution in [3.05, 3.63) is 96.1 Å². The van der Waals surface area contributed by atoms with E-state index in [0.717, 1.165) is 15.1 Å². The Balaban J connectivity index is 1.58. The molecule has 0 saturated carbocycles. The van der Waals surface area contributed by atoms with Crippen LogP contribution in [0.5, 0.6) is 17.2 Å². The van der Waals surface area contributed by atoms with Crippen molar-refractivity contribution in [2.24, 2.45) is 5.10 Å². The summed E-state index contributed by atoms with van der Waals surface area (Å²) in [5.74, 6) is -0.0218. The maximum atomic E-state index is 13.6. The van der Waals surface area contributed by atoms with E-state index in [1.807, 2.05) is 30.3 Å². The summed E-state index contributed by atoms with van der Waals surface area (Å²) in [4.78, 5) is 12.8. The van der Waals surface area contributed by atoms with Crippen molar-refractivity contribution in [1.82, 2.24) is 9.73 Å². The molecule has 10 heteroatoms. The van der Waals surface area contributed by atoms with Crippen LogP contribution in [0.2, 0.25) is 0 Å². The number of carbonyl (C=O) groups excluding carboxylic acids is 1. The first-order valence-electron chi connectivity index (χ1n) is 11.6. The fraction of sp³-hybridized carbons (Fsp3) is 0.143. The van der Waals surface area contributed by atoms with Gasteiger partial charge in [-0.05, 0) is 34.5 Å². The number of hydrogen-bond donors (Lipinski definition) is 2. The molecule has 4 aromatic rings. The fourth-order valence-corrected chi connectivity index (χ4v) is 5.32. The summed E-state index contributed by atoms with van der Waals surface area (Å²) < 4.78 is 38.7. The molecule has 38 heavy (non-hydrogen) atoms. The van der Waals surface area contributed by atoms with Crippen LogP contribution in [0, 0.1) is 0 Å². The number of phenols is 1. The van der Waals surface area contributed by atoms with Crippen LogP contribution in [0.25, 0.3) is 10.8 Å². The number of amides is 1. The number of sulfonamides is 1. The molecular formula is C28H27N3O6S. The Kier molecular flexibility index (Phi) is 8.25. The number of nitrogens with one attached hydrogen (secondary N) is 1. The third kappa shape index (κ3) is 5.93. The lowest BCUT2D eigenvalue weighted by Gasteiger charge is -2.22. The maximum Gasteiger partial charge on any atom is 0.255 e. The van der Waals surface area contributed by atoms with Crippen molar-refractivity contribution in [2.75, 3.05) is 20.8 Å². The fourth-order valence-electron chi connectivity index (χ4n) is 3.92. The highest BCUT2D eigenvalue weighted by Gasteiger charge is 2.28. The highest BCUT2D eigenvalue weighted by atomic mass is 32.2. The van der Waals surface area contributed by atoms with Gasteiger partial charge in [0.05, 0.1) is 31.9 Å². The van der Waals surface area contributed by atoms with Crippen LogP contribution in [-0.4, -0.2) is 50.7 Å². The van der Waals surface area contributed by atoms with Crippen LogP contribution in [0.15, 0.2) is 94.9 Å². The number of hydrazone groups is 1. The van der Waals surface area contributed by atoms with E-state index in [4.69, 9.17) is 9.47 Å². The number of fused-ring (bicyclic) bond motifs is 1. The summed E-state index contributed by atoms with van der Waals surface area (Å²) in [7, 11) is -1.25. The SMILES string of the molecule is COc1ccc(S(=O)(=O)N(CC(=O)NN=Cc2c(O)ccc3ccccc23)Cc2ccccc2)cc1OC. The molecule has 0 atom stereocenters. The molecule has 0 fully saturated rings. The largest absolute Gasteiger partial charge is 0.507 e. The van der Waals surface area contributed by atoms with Crippen molar-refractivity contribution >= 4 is 32.9 Å². The monoisotopic (exact) mass is 533 g/mol. The molecule has 0 saturated heterocycles. The molecule has 0 spiro atoms. The quantitative estimate of drug-likeness (QED) is 0.236. The van der Waals surface area contributed by atoms with Crippen LogP contribution in [0.4, 0.5) is 0 Å². The summed E-state index contributed by atoms with van der Waals surface area (Å²) in [5.41, 5.74) is 3.51. The minimum absolute atomic E-state index is 0.00318. The zero-order valence-corrected chi connectivity index (χ0v) is 21.7. The van der Waals surface area contributed by atoms with Crippen molar-refractivity contribution in [3.63, 3.8) is 0 Å². The van der Waals surface area contributed by atoms with Gasteiger partial charge in [0, 0.05) is 18.2 Å². The second kappa shape index (κ2) is 11.8. The van der Waals surface area contributed by atoms with E-state index in [1.165, 1.54) is 38.6 Å². The summed E-state index contributed by atoms with van der Waals surface area (Å²) in [6.07, 6.45) is 1.33. The van der Waals surface area contributed by atoms with E-state index in [1.54, 1.807) is 36.4 Å². The lowest BCUT2D eigenvalue weighted by Crippen LogP contribution is -2.39. The lowest BCUT2D eigenvalue weighted by molar-refractivity contribution is -0.121. The predicted octanol–water partition coefficient (Wildman–Crippen LogP) is 3.90. The molecule has 0 aliphatic heterocycles. The molecule has 0 aromatic heterocycles. The number of nitrogens with zero attached hydrogens (tertiary/aromatic N) is 2. The van der Waals surface area contributed by atoms with E-state index in [9.17, 15) is 18.3 Å². The van der Waals surface area contributed by atoms with Gasteiger partial charge in [0.2, 0.25) is 10.0 Å². The highest BCUT2D eigenvalue weighted by Crippen LogP contribution is 2.31. The standard InChI is InChI=1S/C28H27N3O6S/c1-36-26-15-13-22(16-27(26)37-2)38(34,35)31(18-20-8-4-3-5-9-20)19-28(33)30-29-17-24-23-11-7-6-10-21(23)12-14-25(24)32/h3-17,32H,18-19H2,1-2H3,(H,30,33). The topological polar surface area (TPSA) is 118 Å². The molecule has 0 radical (unpaired) electrons. The van der Waals surface area contributed by atoms with Gasteiger partial charge in [-0.15, -0.1) is 0 Å². The molecular weight excluding hydrogens is 506 g/mol. The summed E-state index contributed by atoms with van der Waals surface area (Å²) in [5, 5.41) is 15.9. The summed E-state index contributed by atoms with van der Waals surface area (Å²) in [6, 6.07) is 23.9. The number of ether oxygens (including phenoxy) is 2. The third-order valence-electron chi connectivity index (χ3n) is 5.85. The van der Waals surface area contributed by atoms with Gasteiger partial charge in [0.25, 0.3) is 5.91 Å². The summed E-state index contributed by atoms with van der Waals surface area (Å²) in [6.45, 7) is -0.538. The van der Waals surface area contributed by atoms with E-state index in [-0.39, 0.29) is 22.9 Å². The molecule has 0 unspecified atom stereocenters. The van der Waals surface area contributed by atoms with E-state index >= 15 is 0 Å². The van der Waals surface area contributed by atoms with Gasteiger partial charge in [-0.1, -0.05) is 60.7 Å². The second-order valence-electron chi connectivity index (χ2n) is 8.29. The number of benzene rings is 4. The van der Waals surface area contributed by atoms with Gasteiger partial charge >= 0.3 is 0 Å². The molecule has 0 aliphatic carbocycles. The van der Waals surface area contributed by atoms with Gasteiger partial charge in [-0.3, -0.25) is 4.79 Å². The second-order valence-corrected chi connectivity index (χ2v) is 10.2. The highest BCUT2D eigenvalue weighted by molar-refractivity contribution is 7.89. The normalized spacial score (nSPS) is 11.7. The Morgan fingerprint density at radius 2 is 1.66 bits per heavy atom. The van der Waals surface area contributed by atoms with Gasteiger partial charge in [0.15, 0.2) is 11.5 Å². The van der Waals surface area contributed by atoms with Crippen molar-refractivity contribution < 1.29 is 27.8 Å². The minimum Gasteiger partial charge on any atom is -0.507 e. The van der Waals surface area contributed by atoms with Gasteiger partial charge in [-0.25, -0.2) is 13.8 Å². The number of phenolic OH excluding ortho intramolecular Hbond substituents is 1. The molecule has 4 aromatic carbocycles. The van der Waals surface area contributed by atoms with E-state index < -0.39 is 22.5 Å². The van der Waals surface area contributed by atoms with Crippen LogP contribution in [-0.2, 0) is 21.4 Å². The van der Waals surface area contributed by atoms with E-state index in [2.05, 4.69) is 10.5 Å². The Morgan fingerprint density at radius 1 is 0.947 bits per heavy atom. The van der Waals surface area contributed by atoms with Crippen molar-refractivity contribution in [2.45, 2.75) is 11.4 Å². The molecule has 196 valence electrons. The number of hydrogen-bond acceptors (Lipinski definition) is 7. The predicted molar refractivity (Wildman–Crippen MR) is 145 cm³/mol. The maximum absolute atomic E-state index is 13.6. The van der Waals surface area contributed by atoms with Gasteiger partial charge in [-0.2, -0.15) is 9.41 Å². The van der Waals surface area contributed by atoms with Crippen LogP contribution >= 0.6 is 0 Å². The Morgan fingerprint density at radius 3 is 2.39 bits per heavy atom. The number of aromatic hydroxyl groups is 1. The lowest BCUT2D eigenvalue weighted by atomic mass is 10.0. The molecule has 0 heterocycles. The molecule has 0 bridgehead atoms. The molecule has 4 rings (SSSR count). The van der Waals surface area contributed by atoms with Crippen LogP contribution in [0.1, 0.15) is 11.1 Å². The Bertz CT molecular complexity index is 1570. The first kappa shape index (κ1) is 26.6.